The first kappa shape index (κ1) is 17.0. The lowest BCUT2D eigenvalue weighted by atomic mass is 10.2. The van der Waals surface area contributed by atoms with E-state index >= 15 is 0 Å². The highest BCUT2D eigenvalue weighted by Gasteiger charge is 2.17. The van der Waals surface area contributed by atoms with E-state index in [9.17, 15) is 8.42 Å². The van der Waals surface area contributed by atoms with Crippen molar-refractivity contribution in [2.45, 2.75) is 13.0 Å². The van der Waals surface area contributed by atoms with E-state index < -0.39 is 10.0 Å². The third kappa shape index (κ3) is 5.53. The van der Waals surface area contributed by atoms with Crippen LogP contribution in [-0.4, -0.2) is 38.0 Å². The van der Waals surface area contributed by atoms with Gasteiger partial charge in [0, 0.05) is 19.5 Å². The first-order valence-electron chi connectivity index (χ1n) is 6.32. The Morgan fingerprint density at radius 1 is 1.35 bits per heavy atom. The summed E-state index contributed by atoms with van der Waals surface area (Å²) in [4.78, 5) is 0. The van der Waals surface area contributed by atoms with E-state index in [0.29, 0.717) is 25.5 Å². The van der Waals surface area contributed by atoms with Crippen molar-refractivity contribution in [2.24, 2.45) is 0 Å². The lowest BCUT2D eigenvalue weighted by Crippen LogP contribution is -2.29. The molecule has 112 valence electrons. The minimum absolute atomic E-state index is 0.0769. The first-order valence-corrected chi connectivity index (χ1v) is 8.46. The summed E-state index contributed by atoms with van der Waals surface area (Å²) in [7, 11) is -1.67. The van der Waals surface area contributed by atoms with Crippen molar-refractivity contribution in [3.05, 3.63) is 42.5 Å². The number of halogens is 1. The highest BCUT2D eigenvalue weighted by atomic mass is 35.5. The van der Waals surface area contributed by atoms with E-state index in [0.717, 1.165) is 11.3 Å². The predicted molar refractivity (Wildman–Crippen MR) is 82.7 cm³/mol. The molecule has 1 aromatic rings. The van der Waals surface area contributed by atoms with Crippen LogP contribution in [0.15, 0.2) is 36.9 Å². The molecule has 0 fully saturated rings. The Kier molecular flexibility index (Phi) is 7.05. The molecule has 4 nitrogen and oxygen atoms in total. The van der Waals surface area contributed by atoms with Crippen molar-refractivity contribution in [1.82, 2.24) is 4.31 Å². The zero-order valence-corrected chi connectivity index (χ0v) is 13.2. The molecule has 0 spiro atoms. The highest BCUT2D eigenvalue weighted by Crippen LogP contribution is 2.15. The van der Waals surface area contributed by atoms with Gasteiger partial charge in [0.2, 0.25) is 10.0 Å². The molecule has 0 atom stereocenters. The van der Waals surface area contributed by atoms with Crippen LogP contribution >= 0.6 is 11.6 Å². The van der Waals surface area contributed by atoms with Crippen molar-refractivity contribution in [3.8, 4) is 5.75 Å². The number of ether oxygens (including phenoxy) is 1. The largest absolute Gasteiger partial charge is 0.490 e. The number of sulfonamides is 1. The third-order valence-corrected chi connectivity index (χ3v) is 4.86. The summed E-state index contributed by atoms with van der Waals surface area (Å²) >= 11 is 5.53. The van der Waals surface area contributed by atoms with Gasteiger partial charge in [-0.2, -0.15) is 0 Å². The summed E-state index contributed by atoms with van der Waals surface area (Å²) in [5.74, 6) is 1.16. The fraction of sp³-hybridized carbons (Fsp3) is 0.429. The molecule has 0 aliphatic carbocycles. The van der Waals surface area contributed by atoms with Crippen LogP contribution in [0.25, 0.3) is 0 Å². The van der Waals surface area contributed by atoms with Gasteiger partial charge in [-0.15, -0.1) is 11.6 Å². The molecule has 6 heteroatoms. The molecule has 1 rings (SSSR count). The molecule has 20 heavy (non-hydrogen) atoms. The molecule has 0 aliphatic rings. The lowest BCUT2D eigenvalue weighted by molar-refractivity contribution is 0.363. The lowest BCUT2D eigenvalue weighted by Gasteiger charge is -2.17. The quantitative estimate of drug-likeness (QED) is 0.519. The van der Waals surface area contributed by atoms with E-state index in [4.69, 9.17) is 16.3 Å². The Balaban J connectivity index is 2.61. The SMILES string of the molecule is C=CCOc1ccc(CN(C)S(=O)(=O)CCCCl)cc1. The molecule has 0 bridgehead atoms. The Hall–Kier alpha value is -1.04. The van der Waals surface area contributed by atoms with E-state index in [-0.39, 0.29) is 5.75 Å². The number of nitrogens with zero attached hydrogens (tertiary/aromatic N) is 1. The Morgan fingerprint density at radius 3 is 2.55 bits per heavy atom. The minimum Gasteiger partial charge on any atom is -0.490 e. The standard InChI is InChI=1S/C14H20ClNO3S/c1-3-10-19-14-7-5-13(6-8-14)12-16(2)20(17,18)11-4-9-15/h3,5-8H,1,4,9-12H2,2H3. The van der Waals surface area contributed by atoms with Gasteiger partial charge in [0.1, 0.15) is 12.4 Å². The topological polar surface area (TPSA) is 46.6 Å². The molecular weight excluding hydrogens is 298 g/mol. The summed E-state index contributed by atoms with van der Waals surface area (Å²) in [5.41, 5.74) is 0.910. The third-order valence-electron chi connectivity index (χ3n) is 2.71. The molecular formula is C14H20ClNO3S. The predicted octanol–water partition coefficient (Wildman–Crippen LogP) is 2.64. The van der Waals surface area contributed by atoms with E-state index in [2.05, 4.69) is 6.58 Å². The van der Waals surface area contributed by atoms with Gasteiger partial charge >= 0.3 is 0 Å². The van der Waals surface area contributed by atoms with Crippen molar-refractivity contribution in [1.29, 1.82) is 0 Å². The van der Waals surface area contributed by atoms with Gasteiger partial charge in [-0.1, -0.05) is 24.8 Å². The van der Waals surface area contributed by atoms with Crippen LogP contribution in [0.2, 0.25) is 0 Å². The summed E-state index contributed by atoms with van der Waals surface area (Å²) < 4.78 is 30.6. The van der Waals surface area contributed by atoms with E-state index in [1.54, 1.807) is 13.1 Å². The smallest absolute Gasteiger partial charge is 0.214 e. The van der Waals surface area contributed by atoms with Crippen molar-refractivity contribution in [3.63, 3.8) is 0 Å². The van der Waals surface area contributed by atoms with Crippen LogP contribution in [0.1, 0.15) is 12.0 Å². The summed E-state index contributed by atoms with van der Waals surface area (Å²) in [5, 5.41) is 0. The van der Waals surface area contributed by atoms with Crippen LogP contribution < -0.4 is 4.74 Å². The normalized spacial score (nSPS) is 11.6. The molecule has 0 aromatic heterocycles. The first-order chi connectivity index (χ1) is 9.49. The van der Waals surface area contributed by atoms with Crippen molar-refractivity contribution >= 4 is 21.6 Å². The summed E-state index contributed by atoms with van der Waals surface area (Å²) in [6.45, 7) is 4.37. The Morgan fingerprint density at radius 2 is 2.00 bits per heavy atom. The average molecular weight is 318 g/mol. The van der Waals surface area contributed by atoms with Crippen LogP contribution in [0.5, 0.6) is 5.75 Å². The van der Waals surface area contributed by atoms with Crippen LogP contribution in [-0.2, 0) is 16.6 Å². The fourth-order valence-electron chi connectivity index (χ4n) is 1.59. The number of alkyl halides is 1. The Bertz CT molecular complexity index is 514. The van der Waals surface area contributed by atoms with Gasteiger partial charge in [-0.3, -0.25) is 0 Å². The molecule has 0 N–H and O–H groups in total. The van der Waals surface area contributed by atoms with Gasteiger partial charge in [-0.05, 0) is 24.1 Å². The molecule has 0 heterocycles. The van der Waals surface area contributed by atoms with E-state index in [1.807, 2.05) is 24.3 Å². The molecule has 0 radical (unpaired) electrons. The summed E-state index contributed by atoms with van der Waals surface area (Å²) in [6.07, 6.45) is 2.13. The fourth-order valence-corrected chi connectivity index (χ4v) is 3.05. The van der Waals surface area contributed by atoms with Gasteiger partial charge in [0.25, 0.3) is 0 Å². The zero-order valence-electron chi connectivity index (χ0n) is 11.6. The van der Waals surface area contributed by atoms with Crippen LogP contribution in [0.3, 0.4) is 0 Å². The van der Waals surface area contributed by atoms with E-state index in [1.165, 1.54) is 4.31 Å². The average Bonchev–Trinajstić information content (AvgIpc) is 2.44. The second kappa shape index (κ2) is 8.29. The van der Waals surface area contributed by atoms with Gasteiger partial charge < -0.3 is 4.74 Å². The van der Waals surface area contributed by atoms with Gasteiger partial charge in [-0.25, -0.2) is 12.7 Å². The van der Waals surface area contributed by atoms with Crippen molar-refractivity contribution < 1.29 is 13.2 Å². The molecule has 1 aromatic carbocycles. The molecule has 0 amide bonds. The van der Waals surface area contributed by atoms with Crippen LogP contribution in [0.4, 0.5) is 0 Å². The number of hydrogen-bond donors (Lipinski definition) is 0. The Labute approximate surface area is 126 Å². The maximum absolute atomic E-state index is 11.9. The maximum atomic E-state index is 11.9. The molecule has 0 unspecified atom stereocenters. The highest BCUT2D eigenvalue weighted by molar-refractivity contribution is 7.89. The van der Waals surface area contributed by atoms with Gasteiger partial charge in [0.05, 0.1) is 5.75 Å². The second-order valence-electron chi connectivity index (χ2n) is 4.36. The minimum atomic E-state index is -3.24. The van der Waals surface area contributed by atoms with Crippen molar-refractivity contribution in [2.75, 3.05) is 25.3 Å². The number of rotatable bonds is 9. The molecule has 0 saturated heterocycles. The summed E-state index contributed by atoms with van der Waals surface area (Å²) in [6, 6.07) is 7.34. The van der Waals surface area contributed by atoms with Crippen LogP contribution in [0, 0.1) is 0 Å². The monoisotopic (exact) mass is 317 g/mol. The number of benzene rings is 1. The zero-order chi connectivity index (χ0) is 15.0. The molecule has 0 saturated carbocycles. The maximum Gasteiger partial charge on any atom is 0.214 e. The molecule has 0 aliphatic heterocycles. The number of hydrogen-bond acceptors (Lipinski definition) is 3. The van der Waals surface area contributed by atoms with Gasteiger partial charge in [0.15, 0.2) is 0 Å². The second-order valence-corrected chi connectivity index (χ2v) is 6.93.